The smallest absolute Gasteiger partial charge is 0.223 e. The van der Waals surface area contributed by atoms with E-state index in [0.717, 1.165) is 42.8 Å². The van der Waals surface area contributed by atoms with Crippen LogP contribution in [0, 0.1) is 0 Å². The van der Waals surface area contributed by atoms with Gasteiger partial charge in [0, 0.05) is 25.4 Å². The standard InChI is InChI=1S/C22H24N2OS/c25-22(14-13-21-23-19-11-4-5-12-20(19)26-21)24-15-7-6-10-18(24)16-17-8-2-1-3-9-17/h1-5,8-9,11-12,18H,6-7,10,13-16H2. The summed E-state index contributed by atoms with van der Waals surface area (Å²) in [5, 5.41) is 1.07. The molecule has 1 unspecified atom stereocenters. The first-order valence-corrected chi connectivity index (χ1v) is 10.3. The van der Waals surface area contributed by atoms with Gasteiger partial charge in [-0.25, -0.2) is 4.98 Å². The summed E-state index contributed by atoms with van der Waals surface area (Å²) in [6.07, 6.45) is 5.73. The first-order chi connectivity index (χ1) is 12.8. The molecule has 3 nitrogen and oxygen atoms in total. The maximum absolute atomic E-state index is 12.9. The molecule has 134 valence electrons. The fraction of sp³-hybridized carbons (Fsp3) is 0.364. The van der Waals surface area contributed by atoms with E-state index in [1.165, 1.54) is 16.7 Å². The number of likely N-dealkylation sites (tertiary alicyclic amines) is 1. The van der Waals surface area contributed by atoms with Gasteiger partial charge < -0.3 is 4.90 Å². The number of benzene rings is 2. The summed E-state index contributed by atoms with van der Waals surface area (Å²) in [5.41, 5.74) is 2.36. The van der Waals surface area contributed by atoms with Gasteiger partial charge in [0.2, 0.25) is 5.91 Å². The SMILES string of the molecule is O=C(CCc1nc2ccccc2s1)N1CCCCC1Cc1ccccc1. The molecule has 0 aliphatic carbocycles. The zero-order chi connectivity index (χ0) is 17.8. The first-order valence-electron chi connectivity index (χ1n) is 9.47. The van der Waals surface area contributed by atoms with Crippen molar-refractivity contribution < 1.29 is 4.79 Å². The third-order valence-electron chi connectivity index (χ3n) is 5.15. The molecule has 1 atom stereocenters. The second-order valence-corrected chi connectivity index (χ2v) is 8.12. The van der Waals surface area contributed by atoms with Gasteiger partial charge in [-0.2, -0.15) is 0 Å². The van der Waals surface area contributed by atoms with Crippen molar-refractivity contribution in [2.45, 2.75) is 44.6 Å². The lowest BCUT2D eigenvalue weighted by atomic mass is 9.95. The number of para-hydroxylation sites is 1. The monoisotopic (exact) mass is 364 g/mol. The van der Waals surface area contributed by atoms with E-state index in [1.807, 2.05) is 24.3 Å². The van der Waals surface area contributed by atoms with Gasteiger partial charge in [-0.1, -0.05) is 42.5 Å². The fourth-order valence-electron chi connectivity index (χ4n) is 3.81. The number of carbonyl (C=O) groups is 1. The van der Waals surface area contributed by atoms with Crippen molar-refractivity contribution in [1.29, 1.82) is 0 Å². The lowest BCUT2D eigenvalue weighted by Crippen LogP contribution is -2.44. The number of aromatic nitrogens is 1. The highest BCUT2D eigenvalue weighted by Gasteiger charge is 2.26. The average molecular weight is 365 g/mol. The second-order valence-electron chi connectivity index (χ2n) is 7.00. The number of amides is 1. The van der Waals surface area contributed by atoms with Crippen molar-refractivity contribution in [3.63, 3.8) is 0 Å². The molecule has 3 aromatic rings. The van der Waals surface area contributed by atoms with E-state index in [9.17, 15) is 4.79 Å². The third kappa shape index (κ3) is 3.96. The van der Waals surface area contributed by atoms with Crippen LogP contribution in [0.15, 0.2) is 54.6 Å². The highest BCUT2D eigenvalue weighted by molar-refractivity contribution is 7.18. The molecule has 1 fully saturated rings. The number of rotatable bonds is 5. The van der Waals surface area contributed by atoms with Gasteiger partial charge in [0.25, 0.3) is 0 Å². The summed E-state index contributed by atoms with van der Waals surface area (Å²) in [7, 11) is 0. The second kappa shape index (κ2) is 8.00. The van der Waals surface area contributed by atoms with E-state index in [4.69, 9.17) is 0 Å². The van der Waals surface area contributed by atoms with Gasteiger partial charge in [0.1, 0.15) is 0 Å². The van der Waals surface area contributed by atoms with Crippen molar-refractivity contribution in [3.05, 3.63) is 65.2 Å². The number of hydrogen-bond acceptors (Lipinski definition) is 3. The maximum Gasteiger partial charge on any atom is 0.223 e. The van der Waals surface area contributed by atoms with Crippen LogP contribution < -0.4 is 0 Å². The lowest BCUT2D eigenvalue weighted by Gasteiger charge is -2.36. The molecule has 1 saturated heterocycles. The summed E-state index contributed by atoms with van der Waals surface area (Å²) in [6.45, 7) is 0.899. The molecule has 1 aliphatic rings. The van der Waals surface area contributed by atoms with Crippen LogP contribution in [-0.2, 0) is 17.6 Å². The van der Waals surface area contributed by atoms with E-state index in [2.05, 4.69) is 40.2 Å². The predicted molar refractivity (Wildman–Crippen MR) is 107 cm³/mol. The Bertz CT molecular complexity index is 841. The number of thiazole rings is 1. The summed E-state index contributed by atoms with van der Waals surface area (Å²) < 4.78 is 1.20. The zero-order valence-electron chi connectivity index (χ0n) is 14.9. The van der Waals surface area contributed by atoms with Crippen LogP contribution in [0.3, 0.4) is 0 Å². The topological polar surface area (TPSA) is 33.2 Å². The van der Waals surface area contributed by atoms with Crippen LogP contribution in [0.4, 0.5) is 0 Å². The minimum absolute atomic E-state index is 0.282. The molecular formula is C22H24N2OS. The van der Waals surface area contributed by atoms with Crippen LogP contribution >= 0.6 is 11.3 Å². The van der Waals surface area contributed by atoms with Crippen molar-refractivity contribution in [1.82, 2.24) is 9.88 Å². The third-order valence-corrected chi connectivity index (χ3v) is 6.25. The lowest BCUT2D eigenvalue weighted by molar-refractivity contribution is -0.134. The molecule has 4 heteroatoms. The van der Waals surface area contributed by atoms with E-state index >= 15 is 0 Å². The van der Waals surface area contributed by atoms with Crippen molar-refractivity contribution in [2.24, 2.45) is 0 Å². The summed E-state index contributed by atoms with van der Waals surface area (Å²) in [4.78, 5) is 19.7. The normalized spacial score (nSPS) is 17.5. The molecule has 2 aromatic carbocycles. The Morgan fingerprint density at radius 2 is 1.88 bits per heavy atom. The van der Waals surface area contributed by atoms with Gasteiger partial charge >= 0.3 is 0 Å². The molecular weight excluding hydrogens is 340 g/mol. The zero-order valence-corrected chi connectivity index (χ0v) is 15.8. The van der Waals surface area contributed by atoms with Gasteiger partial charge in [0.15, 0.2) is 0 Å². The van der Waals surface area contributed by atoms with Crippen LogP contribution in [0.1, 0.15) is 36.3 Å². The van der Waals surface area contributed by atoms with Crippen LogP contribution in [0.25, 0.3) is 10.2 Å². The number of nitrogens with zero attached hydrogens (tertiary/aromatic N) is 2. The van der Waals surface area contributed by atoms with Crippen molar-refractivity contribution in [3.8, 4) is 0 Å². The van der Waals surface area contributed by atoms with Gasteiger partial charge in [-0.15, -0.1) is 11.3 Å². The Labute approximate surface area is 158 Å². The number of fused-ring (bicyclic) bond motifs is 1. The molecule has 2 heterocycles. The molecule has 26 heavy (non-hydrogen) atoms. The fourth-order valence-corrected chi connectivity index (χ4v) is 4.78. The Hall–Kier alpha value is -2.20. The van der Waals surface area contributed by atoms with E-state index in [1.54, 1.807) is 11.3 Å². The highest BCUT2D eigenvalue weighted by Crippen LogP contribution is 2.25. The number of aryl methyl sites for hydroxylation is 1. The Balaban J connectivity index is 1.40. The summed E-state index contributed by atoms with van der Waals surface area (Å²) in [5.74, 6) is 0.282. The first kappa shape index (κ1) is 17.2. The number of piperidine rings is 1. The van der Waals surface area contributed by atoms with Crippen molar-refractivity contribution in [2.75, 3.05) is 6.54 Å². The van der Waals surface area contributed by atoms with Gasteiger partial charge in [-0.3, -0.25) is 4.79 Å². The largest absolute Gasteiger partial charge is 0.339 e. The number of hydrogen-bond donors (Lipinski definition) is 0. The summed E-state index contributed by atoms with van der Waals surface area (Å²) >= 11 is 1.71. The van der Waals surface area contributed by atoms with Crippen LogP contribution in [-0.4, -0.2) is 28.4 Å². The molecule has 1 aliphatic heterocycles. The maximum atomic E-state index is 12.9. The van der Waals surface area contributed by atoms with E-state index in [0.29, 0.717) is 12.5 Å². The van der Waals surface area contributed by atoms with E-state index in [-0.39, 0.29) is 5.91 Å². The quantitative estimate of drug-likeness (QED) is 0.648. The van der Waals surface area contributed by atoms with Crippen LogP contribution in [0.2, 0.25) is 0 Å². The highest BCUT2D eigenvalue weighted by atomic mass is 32.1. The Kier molecular flexibility index (Phi) is 5.30. The van der Waals surface area contributed by atoms with Gasteiger partial charge in [0.05, 0.1) is 15.2 Å². The van der Waals surface area contributed by atoms with E-state index < -0.39 is 0 Å². The minimum Gasteiger partial charge on any atom is -0.339 e. The Morgan fingerprint density at radius 3 is 2.73 bits per heavy atom. The molecule has 0 bridgehead atoms. The molecule has 0 saturated carbocycles. The molecule has 4 rings (SSSR count). The molecule has 0 radical (unpaired) electrons. The molecule has 1 amide bonds. The van der Waals surface area contributed by atoms with Gasteiger partial charge in [-0.05, 0) is 43.4 Å². The number of carbonyl (C=O) groups excluding carboxylic acids is 1. The molecule has 0 N–H and O–H groups in total. The predicted octanol–water partition coefficient (Wildman–Crippen LogP) is 4.85. The summed E-state index contributed by atoms with van der Waals surface area (Å²) in [6, 6.07) is 19.1. The minimum atomic E-state index is 0.282. The van der Waals surface area contributed by atoms with Crippen molar-refractivity contribution >= 4 is 27.5 Å². The van der Waals surface area contributed by atoms with Crippen LogP contribution in [0.5, 0.6) is 0 Å². The Morgan fingerprint density at radius 1 is 1.08 bits per heavy atom. The average Bonchev–Trinajstić information content (AvgIpc) is 3.10. The molecule has 0 spiro atoms. The molecule has 1 aromatic heterocycles.